The molecule has 0 spiro atoms. The Hall–Kier alpha value is -0.770. The molecule has 0 amide bonds. The van der Waals surface area contributed by atoms with Gasteiger partial charge in [-0.25, -0.2) is 0 Å². The fraction of sp³-hybridized carbons (Fsp3) is 0.923. The van der Waals surface area contributed by atoms with E-state index in [9.17, 15) is 0 Å². The smallest absolute Gasteiger partial charge is 0.188 e. The number of piperidine rings is 1. The molecule has 1 atom stereocenters. The van der Waals surface area contributed by atoms with Gasteiger partial charge in [0.2, 0.25) is 0 Å². The Kier molecular flexibility index (Phi) is 7.01. The molecule has 17 heavy (non-hydrogen) atoms. The van der Waals surface area contributed by atoms with Crippen molar-refractivity contribution in [2.75, 3.05) is 32.7 Å². The van der Waals surface area contributed by atoms with Gasteiger partial charge in [0.15, 0.2) is 5.96 Å². The van der Waals surface area contributed by atoms with Crippen molar-refractivity contribution >= 4 is 5.96 Å². The number of nitrogens with one attached hydrogen (secondary N) is 1. The van der Waals surface area contributed by atoms with Crippen molar-refractivity contribution in [1.29, 1.82) is 0 Å². The summed E-state index contributed by atoms with van der Waals surface area (Å²) in [5.41, 5.74) is 5.82. The van der Waals surface area contributed by atoms with Gasteiger partial charge in [-0.05, 0) is 38.3 Å². The number of nitrogens with zero attached hydrogens (tertiary/aromatic N) is 2. The van der Waals surface area contributed by atoms with E-state index >= 15 is 0 Å². The Morgan fingerprint density at radius 1 is 1.47 bits per heavy atom. The number of nitrogens with two attached hydrogens (primary N) is 1. The summed E-state index contributed by atoms with van der Waals surface area (Å²) in [5, 5.41) is 3.16. The van der Waals surface area contributed by atoms with E-state index in [0.717, 1.165) is 26.1 Å². The molecular formula is C13H28N4. The lowest BCUT2D eigenvalue weighted by Crippen LogP contribution is -2.37. The molecule has 0 aromatic heterocycles. The van der Waals surface area contributed by atoms with Crippen LogP contribution in [0.3, 0.4) is 0 Å². The van der Waals surface area contributed by atoms with Crippen LogP contribution in [0.5, 0.6) is 0 Å². The number of rotatable bonds is 6. The van der Waals surface area contributed by atoms with Crippen LogP contribution in [0.25, 0.3) is 0 Å². The third-order valence-electron chi connectivity index (χ3n) is 3.41. The highest BCUT2D eigenvalue weighted by Crippen LogP contribution is 2.16. The lowest BCUT2D eigenvalue weighted by molar-refractivity contribution is 0.186. The fourth-order valence-electron chi connectivity index (χ4n) is 2.26. The molecule has 0 radical (unpaired) electrons. The molecule has 3 N–H and O–H groups in total. The van der Waals surface area contributed by atoms with Gasteiger partial charge in [0.05, 0.1) is 0 Å². The average Bonchev–Trinajstić information content (AvgIpc) is 2.37. The van der Waals surface area contributed by atoms with Crippen LogP contribution in [0.4, 0.5) is 0 Å². The summed E-state index contributed by atoms with van der Waals surface area (Å²) in [6.07, 6.45) is 4.94. The van der Waals surface area contributed by atoms with Crippen molar-refractivity contribution < 1.29 is 0 Å². The minimum atomic E-state index is 0.618. The molecule has 4 heteroatoms. The maximum atomic E-state index is 5.82. The van der Waals surface area contributed by atoms with E-state index in [2.05, 4.69) is 29.1 Å². The van der Waals surface area contributed by atoms with Crippen molar-refractivity contribution in [3.63, 3.8) is 0 Å². The zero-order valence-corrected chi connectivity index (χ0v) is 11.4. The standard InChI is InChI=1S/C13H28N4/c1-3-5-8-15-13(14)16-10-12-7-6-9-17(4-2)11-12/h12H,3-11H2,1-2H3,(H3,14,15,16). The topological polar surface area (TPSA) is 53.6 Å². The minimum absolute atomic E-state index is 0.618. The number of guanidine groups is 1. The van der Waals surface area contributed by atoms with Crippen LogP contribution >= 0.6 is 0 Å². The molecule has 0 aliphatic carbocycles. The zero-order chi connectivity index (χ0) is 12.5. The first-order valence-electron chi connectivity index (χ1n) is 7.02. The molecule has 1 aliphatic heterocycles. The van der Waals surface area contributed by atoms with Gasteiger partial charge < -0.3 is 16.0 Å². The molecule has 0 aromatic rings. The second-order valence-corrected chi connectivity index (χ2v) is 4.91. The molecule has 4 nitrogen and oxygen atoms in total. The molecule has 0 saturated carbocycles. The lowest BCUT2D eigenvalue weighted by Gasteiger charge is -2.30. The molecule has 1 unspecified atom stereocenters. The third-order valence-corrected chi connectivity index (χ3v) is 3.41. The highest BCUT2D eigenvalue weighted by Gasteiger charge is 2.17. The van der Waals surface area contributed by atoms with Gasteiger partial charge in [0, 0.05) is 19.6 Å². The highest BCUT2D eigenvalue weighted by molar-refractivity contribution is 5.77. The van der Waals surface area contributed by atoms with E-state index in [1.165, 1.54) is 32.4 Å². The summed E-state index contributed by atoms with van der Waals surface area (Å²) in [4.78, 5) is 6.95. The van der Waals surface area contributed by atoms with Crippen molar-refractivity contribution in [2.24, 2.45) is 16.6 Å². The zero-order valence-electron chi connectivity index (χ0n) is 11.4. The molecule has 0 aromatic carbocycles. The number of hydrogen-bond acceptors (Lipinski definition) is 2. The molecule has 0 bridgehead atoms. The largest absolute Gasteiger partial charge is 0.370 e. The average molecular weight is 240 g/mol. The van der Waals surface area contributed by atoms with Crippen molar-refractivity contribution in [3.05, 3.63) is 0 Å². The van der Waals surface area contributed by atoms with Gasteiger partial charge in [-0.2, -0.15) is 0 Å². The van der Waals surface area contributed by atoms with Gasteiger partial charge in [-0.3, -0.25) is 4.99 Å². The van der Waals surface area contributed by atoms with Gasteiger partial charge >= 0.3 is 0 Å². The summed E-state index contributed by atoms with van der Waals surface area (Å²) < 4.78 is 0. The summed E-state index contributed by atoms with van der Waals surface area (Å²) in [6.45, 7) is 9.81. The Labute approximate surface area is 106 Å². The van der Waals surface area contributed by atoms with Crippen LogP contribution in [0.15, 0.2) is 4.99 Å². The number of aliphatic imine (C=N–C) groups is 1. The predicted molar refractivity (Wildman–Crippen MR) is 74.2 cm³/mol. The third kappa shape index (κ3) is 5.91. The van der Waals surface area contributed by atoms with E-state index in [1.807, 2.05) is 0 Å². The predicted octanol–water partition coefficient (Wildman–Crippen LogP) is 1.42. The highest BCUT2D eigenvalue weighted by atomic mass is 15.1. The summed E-state index contributed by atoms with van der Waals surface area (Å²) in [5.74, 6) is 1.31. The summed E-state index contributed by atoms with van der Waals surface area (Å²) in [6, 6.07) is 0. The normalized spacial score (nSPS) is 22.7. The SMILES string of the molecule is CCCCNC(N)=NCC1CCCN(CC)C1. The molecule has 100 valence electrons. The first-order chi connectivity index (χ1) is 8.26. The quantitative estimate of drug-likeness (QED) is 0.419. The van der Waals surface area contributed by atoms with Gasteiger partial charge in [-0.1, -0.05) is 20.3 Å². The Morgan fingerprint density at radius 3 is 3.00 bits per heavy atom. The Balaban J connectivity index is 2.21. The van der Waals surface area contributed by atoms with E-state index in [-0.39, 0.29) is 0 Å². The Morgan fingerprint density at radius 2 is 2.29 bits per heavy atom. The van der Waals surface area contributed by atoms with Crippen LogP contribution in [0.1, 0.15) is 39.5 Å². The Bertz CT molecular complexity index is 227. The summed E-state index contributed by atoms with van der Waals surface area (Å²) in [7, 11) is 0. The maximum Gasteiger partial charge on any atom is 0.188 e. The van der Waals surface area contributed by atoms with Crippen molar-refractivity contribution in [3.8, 4) is 0 Å². The minimum Gasteiger partial charge on any atom is -0.370 e. The summed E-state index contributed by atoms with van der Waals surface area (Å²) >= 11 is 0. The second kappa shape index (κ2) is 8.34. The van der Waals surface area contributed by atoms with Crippen LogP contribution in [0.2, 0.25) is 0 Å². The molecule has 1 aliphatic rings. The first-order valence-corrected chi connectivity index (χ1v) is 7.02. The molecule has 1 saturated heterocycles. The van der Waals surface area contributed by atoms with E-state index in [1.54, 1.807) is 0 Å². The van der Waals surface area contributed by atoms with Crippen molar-refractivity contribution in [1.82, 2.24) is 10.2 Å². The van der Waals surface area contributed by atoms with Gasteiger partial charge in [0.25, 0.3) is 0 Å². The van der Waals surface area contributed by atoms with Crippen LogP contribution in [-0.4, -0.2) is 43.6 Å². The maximum absolute atomic E-state index is 5.82. The monoisotopic (exact) mass is 240 g/mol. The first kappa shape index (κ1) is 14.3. The van der Waals surface area contributed by atoms with E-state index in [4.69, 9.17) is 5.73 Å². The fourth-order valence-corrected chi connectivity index (χ4v) is 2.26. The van der Waals surface area contributed by atoms with Crippen LogP contribution in [-0.2, 0) is 0 Å². The van der Waals surface area contributed by atoms with Crippen molar-refractivity contribution in [2.45, 2.75) is 39.5 Å². The molecule has 1 fully saturated rings. The molecule has 1 rings (SSSR count). The lowest BCUT2D eigenvalue weighted by atomic mass is 9.98. The van der Waals surface area contributed by atoms with E-state index in [0.29, 0.717) is 11.9 Å². The number of hydrogen-bond donors (Lipinski definition) is 2. The molecular weight excluding hydrogens is 212 g/mol. The van der Waals surface area contributed by atoms with Gasteiger partial charge in [-0.15, -0.1) is 0 Å². The van der Waals surface area contributed by atoms with Crippen LogP contribution in [0, 0.1) is 5.92 Å². The van der Waals surface area contributed by atoms with E-state index < -0.39 is 0 Å². The second-order valence-electron chi connectivity index (χ2n) is 4.91. The number of likely N-dealkylation sites (tertiary alicyclic amines) is 1. The molecule has 1 heterocycles. The van der Waals surface area contributed by atoms with Crippen LogP contribution < -0.4 is 11.1 Å². The van der Waals surface area contributed by atoms with Gasteiger partial charge in [0.1, 0.15) is 0 Å². The number of unbranched alkanes of at least 4 members (excludes halogenated alkanes) is 1.